The van der Waals surface area contributed by atoms with Crippen molar-refractivity contribution in [2.45, 2.75) is 13.2 Å². The minimum Gasteiger partial charge on any atom is -0.493 e. The summed E-state index contributed by atoms with van der Waals surface area (Å²) in [5.74, 6) is 2.11. The molecular formula is C19H19N3O3. The molecular weight excluding hydrogens is 318 g/mol. The second-order valence-electron chi connectivity index (χ2n) is 5.55. The molecule has 1 aromatic heterocycles. The molecule has 0 amide bonds. The van der Waals surface area contributed by atoms with Crippen LogP contribution in [0.25, 0.3) is 11.0 Å². The van der Waals surface area contributed by atoms with Gasteiger partial charge in [0.15, 0.2) is 11.5 Å². The summed E-state index contributed by atoms with van der Waals surface area (Å²) < 4.78 is 18.2. The highest BCUT2D eigenvalue weighted by Gasteiger charge is 2.15. The van der Waals surface area contributed by atoms with Crippen molar-refractivity contribution < 1.29 is 14.2 Å². The maximum Gasteiger partial charge on any atom is 0.163 e. The lowest BCUT2D eigenvalue weighted by Crippen LogP contribution is -2.06. The molecule has 25 heavy (non-hydrogen) atoms. The molecule has 0 atom stereocenters. The Hall–Kier alpha value is -3.04. The molecule has 0 aliphatic carbocycles. The first-order valence-corrected chi connectivity index (χ1v) is 7.79. The third-order valence-electron chi connectivity index (χ3n) is 4.03. The van der Waals surface area contributed by atoms with Gasteiger partial charge >= 0.3 is 0 Å². The summed E-state index contributed by atoms with van der Waals surface area (Å²) in [5.41, 5.74) is 3.47. The minimum absolute atomic E-state index is 0.398. The lowest BCUT2D eigenvalue weighted by atomic mass is 10.1. The van der Waals surface area contributed by atoms with Crippen molar-refractivity contribution in [3.63, 3.8) is 0 Å². The molecule has 0 radical (unpaired) electrons. The van der Waals surface area contributed by atoms with Crippen LogP contribution in [0.1, 0.15) is 17.0 Å². The number of nitriles is 1. The van der Waals surface area contributed by atoms with Crippen molar-refractivity contribution in [1.29, 1.82) is 5.26 Å². The van der Waals surface area contributed by atoms with Crippen LogP contribution in [-0.4, -0.2) is 30.9 Å². The van der Waals surface area contributed by atoms with E-state index in [2.05, 4.69) is 15.6 Å². The van der Waals surface area contributed by atoms with Gasteiger partial charge in [0.1, 0.15) is 12.4 Å². The highest BCUT2D eigenvalue weighted by atomic mass is 16.5. The van der Waals surface area contributed by atoms with E-state index in [4.69, 9.17) is 19.5 Å². The first-order valence-electron chi connectivity index (χ1n) is 7.79. The predicted molar refractivity (Wildman–Crippen MR) is 93.8 cm³/mol. The number of fused-ring (bicyclic) bond motifs is 1. The van der Waals surface area contributed by atoms with Crippen LogP contribution < -0.4 is 9.47 Å². The van der Waals surface area contributed by atoms with Crippen LogP contribution in [-0.2, 0) is 17.9 Å². The lowest BCUT2D eigenvalue weighted by Gasteiger charge is -2.11. The standard InChI is InChI=1S/C19H19N3O3/c1-23-12-19-21-15-8-17(24-2)18(25-3)9-16(15)22(19)11-14-6-4-13(10-20)5-7-14/h4-9H,11-12H2,1-3H3. The van der Waals surface area contributed by atoms with Crippen molar-refractivity contribution in [3.8, 4) is 17.6 Å². The van der Waals surface area contributed by atoms with Gasteiger partial charge in [-0.05, 0) is 17.7 Å². The molecule has 0 unspecified atom stereocenters. The zero-order valence-corrected chi connectivity index (χ0v) is 14.4. The average molecular weight is 337 g/mol. The van der Waals surface area contributed by atoms with E-state index >= 15 is 0 Å². The predicted octanol–water partition coefficient (Wildman–Crippen LogP) is 3.12. The van der Waals surface area contributed by atoms with Crippen molar-refractivity contribution >= 4 is 11.0 Å². The molecule has 0 spiro atoms. The summed E-state index contributed by atoms with van der Waals surface area (Å²) in [6.07, 6.45) is 0. The number of ether oxygens (including phenoxy) is 3. The number of hydrogen-bond acceptors (Lipinski definition) is 5. The summed E-state index contributed by atoms with van der Waals surface area (Å²) in [7, 11) is 4.86. The summed E-state index contributed by atoms with van der Waals surface area (Å²) in [4.78, 5) is 4.67. The first-order chi connectivity index (χ1) is 12.2. The number of hydrogen-bond donors (Lipinski definition) is 0. The van der Waals surface area contributed by atoms with Gasteiger partial charge in [-0.15, -0.1) is 0 Å². The second-order valence-corrected chi connectivity index (χ2v) is 5.55. The normalized spacial score (nSPS) is 10.6. The highest BCUT2D eigenvalue weighted by Crippen LogP contribution is 2.33. The van der Waals surface area contributed by atoms with E-state index in [0.717, 1.165) is 22.4 Å². The van der Waals surface area contributed by atoms with Crippen LogP contribution in [0, 0.1) is 11.3 Å². The third kappa shape index (κ3) is 3.28. The Kier molecular flexibility index (Phi) is 4.87. The van der Waals surface area contributed by atoms with E-state index in [-0.39, 0.29) is 0 Å². The number of rotatable bonds is 6. The zero-order chi connectivity index (χ0) is 17.8. The van der Waals surface area contributed by atoms with E-state index < -0.39 is 0 Å². The van der Waals surface area contributed by atoms with Crippen LogP contribution in [0.4, 0.5) is 0 Å². The molecule has 128 valence electrons. The molecule has 0 saturated heterocycles. The fraction of sp³-hybridized carbons (Fsp3) is 0.263. The fourth-order valence-electron chi connectivity index (χ4n) is 2.78. The van der Waals surface area contributed by atoms with E-state index in [1.54, 1.807) is 21.3 Å². The minimum atomic E-state index is 0.398. The Morgan fingerprint density at radius 3 is 2.32 bits per heavy atom. The third-order valence-corrected chi connectivity index (χ3v) is 4.03. The summed E-state index contributed by atoms with van der Waals surface area (Å²) in [5, 5.41) is 8.94. The number of methoxy groups -OCH3 is 3. The van der Waals surface area contributed by atoms with Gasteiger partial charge < -0.3 is 18.8 Å². The van der Waals surface area contributed by atoms with Gasteiger partial charge in [-0.25, -0.2) is 4.98 Å². The van der Waals surface area contributed by atoms with Crippen molar-refractivity contribution in [2.75, 3.05) is 21.3 Å². The summed E-state index contributed by atoms with van der Waals surface area (Å²) in [6.45, 7) is 1.02. The van der Waals surface area contributed by atoms with Crippen LogP contribution >= 0.6 is 0 Å². The van der Waals surface area contributed by atoms with Crippen molar-refractivity contribution in [1.82, 2.24) is 9.55 Å². The molecule has 6 nitrogen and oxygen atoms in total. The van der Waals surface area contributed by atoms with Gasteiger partial charge in [-0.2, -0.15) is 5.26 Å². The van der Waals surface area contributed by atoms with Gasteiger partial charge in [0.25, 0.3) is 0 Å². The Balaban J connectivity index is 2.09. The Bertz CT molecular complexity index is 924. The molecule has 0 bridgehead atoms. The Morgan fingerprint density at radius 2 is 1.72 bits per heavy atom. The SMILES string of the molecule is COCc1nc2cc(OC)c(OC)cc2n1Cc1ccc(C#N)cc1. The molecule has 0 aliphatic heterocycles. The quantitative estimate of drug-likeness (QED) is 0.691. The largest absolute Gasteiger partial charge is 0.493 e. The summed E-state index contributed by atoms with van der Waals surface area (Å²) in [6, 6.07) is 13.4. The smallest absolute Gasteiger partial charge is 0.163 e. The van der Waals surface area contributed by atoms with Gasteiger partial charge in [-0.3, -0.25) is 0 Å². The van der Waals surface area contributed by atoms with Gasteiger partial charge in [-0.1, -0.05) is 12.1 Å². The van der Waals surface area contributed by atoms with E-state index in [1.807, 2.05) is 36.4 Å². The maximum atomic E-state index is 8.94. The molecule has 6 heteroatoms. The van der Waals surface area contributed by atoms with Crippen LogP contribution in [0.3, 0.4) is 0 Å². The molecule has 3 aromatic rings. The van der Waals surface area contributed by atoms with Gasteiger partial charge in [0, 0.05) is 25.8 Å². The number of imidazole rings is 1. The van der Waals surface area contributed by atoms with E-state index in [1.165, 1.54) is 0 Å². The zero-order valence-electron chi connectivity index (χ0n) is 14.4. The van der Waals surface area contributed by atoms with E-state index in [9.17, 15) is 0 Å². The molecule has 1 heterocycles. The number of nitrogens with zero attached hydrogens (tertiary/aromatic N) is 3. The molecule has 0 N–H and O–H groups in total. The number of benzene rings is 2. The lowest BCUT2D eigenvalue weighted by molar-refractivity contribution is 0.175. The molecule has 3 rings (SSSR count). The maximum absolute atomic E-state index is 8.94. The average Bonchev–Trinajstić information content (AvgIpc) is 2.97. The van der Waals surface area contributed by atoms with Crippen LogP contribution in [0.15, 0.2) is 36.4 Å². The molecule has 0 saturated carbocycles. The van der Waals surface area contributed by atoms with E-state index in [0.29, 0.717) is 30.2 Å². The van der Waals surface area contributed by atoms with Crippen molar-refractivity contribution in [3.05, 3.63) is 53.3 Å². The number of aromatic nitrogens is 2. The highest BCUT2D eigenvalue weighted by molar-refractivity contribution is 5.80. The Labute approximate surface area is 146 Å². The molecule has 0 fully saturated rings. The Morgan fingerprint density at radius 1 is 1.04 bits per heavy atom. The first kappa shape index (κ1) is 16.8. The van der Waals surface area contributed by atoms with Crippen LogP contribution in [0.2, 0.25) is 0 Å². The topological polar surface area (TPSA) is 69.3 Å². The van der Waals surface area contributed by atoms with Gasteiger partial charge in [0.05, 0.1) is 36.9 Å². The molecule has 2 aromatic carbocycles. The summed E-state index contributed by atoms with van der Waals surface area (Å²) >= 11 is 0. The molecule has 0 aliphatic rings. The van der Waals surface area contributed by atoms with Crippen molar-refractivity contribution in [2.24, 2.45) is 0 Å². The second kappa shape index (κ2) is 7.24. The van der Waals surface area contributed by atoms with Crippen LogP contribution in [0.5, 0.6) is 11.5 Å². The van der Waals surface area contributed by atoms with Gasteiger partial charge in [0.2, 0.25) is 0 Å². The fourth-order valence-corrected chi connectivity index (χ4v) is 2.78. The monoisotopic (exact) mass is 337 g/mol.